The number of benzene rings is 1. The molecule has 2 nitrogen and oxygen atoms in total. The van der Waals surface area contributed by atoms with Crippen molar-refractivity contribution in [2.24, 2.45) is 10.4 Å². The second-order valence-corrected chi connectivity index (χ2v) is 9.69. The summed E-state index contributed by atoms with van der Waals surface area (Å²) in [5.74, 6) is 0. The van der Waals surface area contributed by atoms with Gasteiger partial charge in [0.25, 0.3) is 0 Å². The highest BCUT2D eigenvalue weighted by Gasteiger charge is 2.23. The fourth-order valence-corrected chi connectivity index (χ4v) is 2.31. The summed E-state index contributed by atoms with van der Waals surface area (Å²) in [5.41, 5.74) is 3.92. The van der Waals surface area contributed by atoms with Crippen molar-refractivity contribution in [2.45, 2.75) is 79.2 Å². The molecule has 0 saturated heterocycles. The topological polar surface area (TPSA) is 32.6 Å². The molecule has 1 atom stereocenters. The number of hydrogen-bond acceptors (Lipinski definition) is 2. The highest BCUT2D eigenvalue weighted by Crippen LogP contribution is 2.30. The summed E-state index contributed by atoms with van der Waals surface area (Å²) in [6.07, 6.45) is 1.93. The van der Waals surface area contributed by atoms with Crippen molar-refractivity contribution < 1.29 is 5.11 Å². The van der Waals surface area contributed by atoms with Crippen LogP contribution in [0.25, 0.3) is 0 Å². The van der Waals surface area contributed by atoms with E-state index in [1.807, 2.05) is 6.21 Å². The largest absolute Gasteiger partial charge is 0.394 e. The van der Waals surface area contributed by atoms with E-state index in [1.165, 1.54) is 11.1 Å². The van der Waals surface area contributed by atoms with E-state index >= 15 is 0 Å². The molecule has 23 heavy (non-hydrogen) atoms. The molecule has 1 aromatic rings. The summed E-state index contributed by atoms with van der Waals surface area (Å²) in [6, 6.07) is 6.66. The van der Waals surface area contributed by atoms with Crippen LogP contribution in [0.1, 0.15) is 79.0 Å². The number of aliphatic imine (C=N–C) groups is 1. The number of hydrogen-bond donors (Lipinski definition) is 1. The summed E-state index contributed by atoms with van der Waals surface area (Å²) >= 11 is 0. The molecule has 0 unspecified atom stereocenters. The monoisotopic (exact) mass is 317 g/mol. The molecule has 0 fully saturated rings. The van der Waals surface area contributed by atoms with Gasteiger partial charge in [-0.1, -0.05) is 68.4 Å². The summed E-state index contributed by atoms with van der Waals surface area (Å²) in [5, 5.41) is 9.59. The van der Waals surface area contributed by atoms with Crippen LogP contribution in [0.5, 0.6) is 0 Å². The van der Waals surface area contributed by atoms with E-state index in [-0.39, 0.29) is 28.9 Å². The lowest BCUT2D eigenvalue weighted by molar-refractivity contribution is 0.191. The van der Waals surface area contributed by atoms with Gasteiger partial charge in [0.1, 0.15) is 0 Å². The van der Waals surface area contributed by atoms with E-state index in [9.17, 15) is 5.11 Å². The highest BCUT2D eigenvalue weighted by atomic mass is 16.3. The van der Waals surface area contributed by atoms with E-state index in [2.05, 4.69) is 85.5 Å². The van der Waals surface area contributed by atoms with Crippen LogP contribution in [0.3, 0.4) is 0 Å². The molecule has 130 valence electrons. The number of nitrogens with zero attached hydrogens (tertiary/aromatic N) is 1. The Kier molecular flexibility index (Phi) is 5.85. The molecule has 0 aliphatic rings. The molecule has 0 radical (unpaired) electrons. The van der Waals surface area contributed by atoms with Gasteiger partial charge < -0.3 is 5.11 Å². The smallest absolute Gasteiger partial charge is 0.0778 e. The molecule has 0 amide bonds. The lowest BCUT2D eigenvalue weighted by Crippen LogP contribution is -2.28. The molecule has 0 spiro atoms. The second kappa shape index (κ2) is 6.76. The Morgan fingerprint density at radius 3 is 1.61 bits per heavy atom. The molecule has 0 heterocycles. The zero-order chi connectivity index (χ0) is 18.1. The molecule has 0 aliphatic carbocycles. The third-order valence-electron chi connectivity index (χ3n) is 4.26. The zero-order valence-electron chi connectivity index (χ0n) is 16.5. The molecular formula is C21H35NO. The number of aliphatic hydroxyl groups excluding tert-OH is 1. The Labute approximate surface area is 143 Å². The van der Waals surface area contributed by atoms with Crippen molar-refractivity contribution in [1.29, 1.82) is 0 Å². The van der Waals surface area contributed by atoms with Gasteiger partial charge in [-0.25, -0.2) is 0 Å². The zero-order valence-corrected chi connectivity index (χ0v) is 16.5. The quantitative estimate of drug-likeness (QED) is 0.772. The van der Waals surface area contributed by atoms with E-state index in [1.54, 1.807) is 0 Å². The molecule has 1 N–H and O–H groups in total. The molecule has 0 aromatic heterocycles. The van der Waals surface area contributed by atoms with Gasteiger partial charge >= 0.3 is 0 Å². The highest BCUT2D eigenvalue weighted by molar-refractivity contribution is 5.80. The molecule has 0 bridgehead atoms. The van der Waals surface area contributed by atoms with Gasteiger partial charge in [-0.05, 0) is 45.1 Å². The third-order valence-corrected chi connectivity index (χ3v) is 4.26. The number of aliphatic hydroxyl groups is 1. The predicted molar refractivity (Wildman–Crippen MR) is 102 cm³/mol. The van der Waals surface area contributed by atoms with Crippen LogP contribution in [0.4, 0.5) is 0 Å². The minimum absolute atomic E-state index is 0.0419. The Bertz CT molecular complexity index is 518. The van der Waals surface area contributed by atoms with E-state index in [0.717, 1.165) is 5.56 Å². The SMILES string of the molecule is CC(C)(C)c1cc(C=N[C@H](CO)C(C)(C)C)cc(C(C)(C)C)c1. The second-order valence-electron chi connectivity index (χ2n) is 9.69. The van der Waals surface area contributed by atoms with E-state index in [0.29, 0.717) is 0 Å². The third kappa shape index (κ3) is 5.76. The van der Waals surface area contributed by atoms with Gasteiger partial charge in [-0.2, -0.15) is 0 Å². The van der Waals surface area contributed by atoms with Crippen LogP contribution in [-0.4, -0.2) is 24.0 Å². The van der Waals surface area contributed by atoms with Crippen LogP contribution >= 0.6 is 0 Å². The van der Waals surface area contributed by atoms with Crippen LogP contribution in [0, 0.1) is 5.41 Å². The maximum absolute atomic E-state index is 9.59. The van der Waals surface area contributed by atoms with Crippen molar-refractivity contribution >= 4 is 6.21 Å². The van der Waals surface area contributed by atoms with Crippen LogP contribution < -0.4 is 0 Å². The first kappa shape index (κ1) is 19.9. The Morgan fingerprint density at radius 1 is 0.870 bits per heavy atom. The first-order valence-electron chi connectivity index (χ1n) is 8.55. The average molecular weight is 318 g/mol. The molecule has 0 aliphatic heterocycles. The van der Waals surface area contributed by atoms with Gasteiger partial charge in [0.2, 0.25) is 0 Å². The average Bonchev–Trinajstić information content (AvgIpc) is 2.35. The molecular weight excluding hydrogens is 282 g/mol. The van der Waals surface area contributed by atoms with Crippen molar-refractivity contribution in [3.8, 4) is 0 Å². The minimum atomic E-state index is -0.0844. The Balaban J connectivity index is 3.31. The molecule has 2 heteroatoms. The van der Waals surface area contributed by atoms with Crippen LogP contribution in [0.15, 0.2) is 23.2 Å². The van der Waals surface area contributed by atoms with E-state index in [4.69, 9.17) is 0 Å². The first-order chi connectivity index (χ1) is 10.2. The lowest BCUT2D eigenvalue weighted by atomic mass is 9.79. The van der Waals surface area contributed by atoms with Gasteiger partial charge in [0.05, 0.1) is 12.6 Å². The van der Waals surface area contributed by atoms with Crippen LogP contribution in [0.2, 0.25) is 0 Å². The fraction of sp³-hybridized carbons (Fsp3) is 0.667. The lowest BCUT2D eigenvalue weighted by Gasteiger charge is -2.27. The normalized spacial score (nSPS) is 15.2. The van der Waals surface area contributed by atoms with Crippen LogP contribution in [-0.2, 0) is 10.8 Å². The van der Waals surface area contributed by atoms with Gasteiger partial charge in [-0.15, -0.1) is 0 Å². The van der Waals surface area contributed by atoms with E-state index < -0.39 is 0 Å². The molecule has 0 saturated carbocycles. The summed E-state index contributed by atoms with van der Waals surface area (Å²) in [4.78, 5) is 4.66. The standard InChI is InChI=1S/C21H35NO/c1-19(2,3)16-10-15(11-17(12-16)20(4,5)6)13-22-18(14-23)21(7,8)9/h10-13,18,23H,14H2,1-9H3/t18-/m1/s1. The predicted octanol–water partition coefficient (Wildman–Crippen LogP) is 5.11. The molecule has 1 aromatic carbocycles. The maximum Gasteiger partial charge on any atom is 0.0778 e. The van der Waals surface area contributed by atoms with Gasteiger partial charge in [-0.3, -0.25) is 4.99 Å². The Morgan fingerprint density at radius 2 is 1.30 bits per heavy atom. The summed E-state index contributed by atoms with van der Waals surface area (Å²) in [7, 11) is 0. The van der Waals surface area contributed by atoms with Gasteiger partial charge in [0, 0.05) is 6.21 Å². The van der Waals surface area contributed by atoms with Crippen molar-refractivity contribution in [3.05, 3.63) is 34.9 Å². The maximum atomic E-state index is 9.59. The molecule has 1 rings (SSSR count). The fourth-order valence-electron chi connectivity index (χ4n) is 2.31. The van der Waals surface area contributed by atoms with Crippen molar-refractivity contribution in [1.82, 2.24) is 0 Å². The van der Waals surface area contributed by atoms with Crippen molar-refractivity contribution in [3.63, 3.8) is 0 Å². The summed E-state index contributed by atoms with van der Waals surface area (Å²) < 4.78 is 0. The van der Waals surface area contributed by atoms with Gasteiger partial charge in [0.15, 0.2) is 0 Å². The first-order valence-corrected chi connectivity index (χ1v) is 8.55. The number of rotatable bonds is 3. The summed E-state index contributed by atoms with van der Waals surface area (Å²) in [6.45, 7) is 19.8. The minimum Gasteiger partial charge on any atom is -0.394 e. The Hall–Kier alpha value is -1.15. The van der Waals surface area contributed by atoms with Crippen molar-refractivity contribution in [2.75, 3.05) is 6.61 Å².